The molecule has 0 aromatic heterocycles. The second-order valence-corrected chi connectivity index (χ2v) is 5.39. The van der Waals surface area contributed by atoms with Crippen molar-refractivity contribution >= 4 is 0 Å². The van der Waals surface area contributed by atoms with Gasteiger partial charge in [0.25, 0.3) is 0 Å². The first-order chi connectivity index (χ1) is 7.57. The molecule has 0 amide bonds. The van der Waals surface area contributed by atoms with E-state index < -0.39 is 0 Å². The molecule has 16 heavy (non-hydrogen) atoms. The van der Waals surface area contributed by atoms with Crippen molar-refractivity contribution in [3.05, 3.63) is 11.1 Å². The third-order valence-corrected chi connectivity index (χ3v) is 4.18. The lowest BCUT2D eigenvalue weighted by molar-refractivity contribution is -0.115. The van der Waals surface area contributed by atoms with Crippen LogP contribution in [0.4, 0.5) is 0 Å². The van der Waals surface area contributed by atoms with E-state index >= 15 is 0 Å². The quantitative estimate of drug-likeness (QED) is 0.733. The van der Waals surface area contributed by atoms with Gasteiger partial charge >= 0.3 is 0 Å². The van der Waals surface area contributed by atoms with Gasteiger partial charge < -0.3 is 14.6 Å². The molecule has 0 aromatic carbocycles. The van der Waals surface area contributed by atoms with Gasteiger partial charge in [0.15, 0.2) is 6.29 Å². The zero-order chi connectivity index (χ0) is 11.8. The topological polar surface area (TPSA) is 38.7 Å². The monoisotopic (exact) mass is 226 g/mol. The summed E-state index contributed by atoms with van der Waals surface area (Å²) in [5, 5.41) is 9.52. The fraction of sp³-hybridized carbons (Fsp3) is 0.846. The van der Waals surface area contributed by atoms with Crippen molar-refractivity contribution in [2.75, 3.05) is 19.8 Å². The van der Waals surface area contributed by atoms with Gasteiger partial charge in [-0.25, -0.2) is 0 Å². The molecule has 1 heterocycles. The summed E-state index contributed by atoms with van der Waals surface area (Å²) < 4.78 is 11.3. The van der Waals surface area contributed by atoms with Crippen LogP contribution in [0.25, 0.3) is 0 Å². The van der Waals surface area contributed by atoms with Crippen LogP contribution in [0.2, 0.25) is 0 Å². The summed E-state index contributed by atoms with van der Waals surface area (Å²) in [6, 6.07) is 0. The van der Waals surface area contributed by atoms with E-state index in [4.69, 9.17) is 9.47 Å². The molecule has 0 spiro atoms. The van der Waals surface area contributed by atoms with Crippen LogP contribution in [0, 0.1) is 11.3 Å². The summed E-state index contributed by atoms with van der Waals surface area (Å²) in [4.78, 5) is 0. The third kappa shape index (κ3) is 1.92. The molecule has 0 bridgehead atoms. The van der Waals surface area contributed by atoms with Gasteiger partial charge in [-0.3, -0.25) is 0 Å². The van der Waals surface area contributed by atoms with Gasteiger partial charge in [-0.15, -0.1) is 0 Å². The predicted molar refractivity (Wildman–Crippen MR) is 62.0 cm³/mol. The van der Waals surface area contributed by atoms with Crippen LogP contribution in [-0.2, 0) is 9.47 Å². The van der Waals surface area contributed by atoms with E-state index in [1.807, 2.05) is 0 Å². The van der Waals surface area contributed by atoms with Gasteiger partial charge in [0.2, 0.25) is 0 Å². The summed E-state index contributed by atoms with van der Waals surface area (Å²) in [5.74, 6) is 0.362. The first-order valence-electron chi connectivity index (χ1n) is 6.10. The van der Waals surface area contributed by atoms with E-state index in [0.717, 1.165) is 12.8 Å². The smallest absolute Gasteiger partial charge is 0.161 e. The lowest BCUT2D eigenvalue weighted by Crippen LogP contribution is -2.40. The van der Waals surface area contributed by atoms with Crippen LogP contribution >= 0.6 is 0 Å². The first kappa shape index (κ1) is 12.1. The third-order valence-electron chi connectivity index (χ3n) is 4.18. The molecule has 92 valence electrons. The van der Waals surface area contributed by atoms with E-state index in [2.05, 4.69) is 20.8 Å². The summed E-state index contributed by atoms with van der Waals surface area (Å²) >= 11 is 0. The molecular weight excluding hydrogens is 204 g/mol. The molecule has 1 N–H and O–H groups in total. The van der Waals surface area contributed by atoms with Crippen molar-refractivity contribution in [3.63, 3.8) is 0 Å². The molecule has 1 aliphatic heterocycles. The molecule has 0 saturated carbocycles. The molecule has 0 radical (unpaired) electrons. The van der Waals surface area contributed by atoms with E-state index in [0.29, 0.717) is 19.1 Å². The van der Waals surface area contributed by atoms with Gasteiger partial charge in [-0.2, -0.15) is 0 Å². The second kappa shape index (κ2) is 4.47. The Morgan fingerprint density at radius 2 is 1.94 bits per heavy atom. The van der Waals surface area contributed by atoms with E-state index in [-0.39, 0.29) is 18.3 Å². The molecule has 0 aromatic rings. The van der Waals surface area contributed by atoms with Crippen molar-refractivity contribution in [1.29, 1.82) is 0 Å². The van der Waals surface area contributed by atoms with Crippen LogP contribution in [-0.4, -0.2) is 31.2 Å². The van der Waals surface area contributed by atoms with Crippen LogP contribution in [0.3, 0.4) is 0 Å². The van der Waals surface area contributed by atoms with E-state index in [9.17, 15) is 5.11 Å². The minimum Gasteiger partial charge on any atom is -0.392 e. The van der Waals surface area contributed by atoms with Crippen molar-refractivity contribution in [1.82, 2.24) is 0 Å². The lowest BCUT2D eigenvalue weighted by Gasteiger charge is -2.43. The molecule has 2 aliphatic rings. The molecule has 3 heteroatoms. The fourth-order valence-electron chi connectivity index (χ4n) is 3.08. The lowest BCUT2D eigenvalue weighted by atomic mass is 9.65. The van der Waals surface area contributed by atoms with Crippen LogP contribution < -0.4 is 0 Å². The standard InChI is InChI=1S/C13H22O3/c1-9-4-5-10(12-15-6-7-16-12)13(2,3)11(9)8-14/h10,12,14H,4-8H2,1-3H3. The molecule has 1 atom stereocenters. The molecular formula is C13H22O3. The SMILES string of the molecule is CC1=C(CO)C(C)(C)C(C2OCCO2)CC1. The predicted octanol–water partition coefficient (Wildman–Crippen LogP) is 2.10. The van der Waals surface area contributed by atoms with Crippen LogP contribution in [0.1, 0.15) is 33.6 Å². The summed E-state index contributed by atoms with van der Waals surface area (Å²) in [6.07, 6.45) is 2.06. The van der Waals surface area contributed by atoms with Gasteiger partial charge in [-0.05, 0) is 30.8 Å². The van der Waals surface area contributed by atoms with Crippen molar-refractivity contribution in [2.24, 2.45) is 11.3 Å². The fourth-order valence-corrected chi connectivity index (χ4v) is 3.08. The second-order valence-electron chi connectivity index (χ2n) is 5.39. The Labute approximate surface area is 97.4 Å². The number of aliphatic hydroxyl groups excluding tert-OH is 1. The summed E-state index contributed by atoms with van der Waals surface area (Å²) in [6.45, 7) is 8.07. The average Bonchev–Trinajstić information content (AvgIpc) is 2.70. The van der Waals surface area contributed by atoms with Crippen molar-refractivity contribution in [3.8, 4) is 0 Å². The maximum atomic E-state index is 9.52. The Morgan fingerprint density at radius 1 is 1.31 bits per heavy atom. The van der Waals surface area contributed by atoms with Crippen molar-refractivity contribution in [2.45, 2.75) is 39.9 Å². The Balaban J connectivity index is 2.23. The highest BCUT2D eigenvalue weighted by molar-refractivity contribution is 5.24. The minimum absolute atomic E-state index is 0.0217. The highest BCUT2D eigenvalue weighted by atomic mass is 16.7. The number of rotatable bonds is 2. The minimum atomic E-state index is -0.0790. The highest BCUT2D eigenvalue weighted by Crippen LogP contribution is 2.47. The maximum absolute atomic E-state index is 9.52. The number of allylic oxidation sites excluding steroid dienone is 1. The van der Waals surface area contributed by atoms with Crippen LogP contribution in [0.5, 0.6) is 0 Å². The summed E-state index contributed by atoms with van der Waals surface area (Å²) in [5.41, 5.74) is 2.48. The van der Waals surface area contributed by atoms with Gasteiger partial charge in [0, 0.05) is 5.92 Å². The number of aliphatic hydroxyl groups is 1. The Morgan fingerprint density at radius 3 is 2.50 bits per heavy atom. The Bertz CT molecular complexity index is 288. The zero-order valence-corrected chi connectivity index (χ0v) is 10.5. The zero-order valence-electron chi connectivity index (χ0n) is 10.5. The van der Waals surface area contributed by atoms with E-state index in [1.54, 1.807) is 0 Å². The molecule has 1 unspecified atom stereocenters. The summed E-state index contributed by atoms with van der Waals surface area (Å²) in [7, 11) is 0. The van der Waals surface area contributed by atoms with Gasteiger partial charge in [0.05, 0.1) is 19.8 Å². The molecule has 2 rings (SSSR count). The largest absolute Gasteiger partial charge is 0.392 e. The van der Waals surface area contributed by atoms with Gasteiger partial charge in [-0.1, -0.05) is 19.4 Å². The molecule has 3 nitrogen and oxygen atoms in total. The van der Waals surface area contributed by atoms with Crippen molar-refractivity contribution < 1.29 is 14.6 Å². The number of hydrogen-bond acceptors (Lipinski definition) is 3. The van der Waals surface area contributed by atoms with Crippen LogP contribution in [0.15, 0.2) is 11.1 Å². The Kier molecular flexibility index (Phi) is 3.38. The first-order valence-corrected chi connectivity index (χ1v) is 6.10. The maximum Gasteiger partial charge on any atom is 0.161 e. The molecule has 1 fully saturated rings. The average molecular weight is 226 g/mol. The number of hydrogen-bond donors (Lipinski definition) is 1. The van der Waals surface area contributed by atoms with Gasteiger partial charge in [0.1, 0.15) is 0 Å². The Hall–Kier alpha value is -0.380. The number of ether oxygens (including phenoxy) is 2. The molecule has 1 aliphatic carbocycles. The molecule has 1 saturated heterocycles. The highest BCUT2D eigenvalue weighted by Gasteiger charge is 2.43. The normalized spacial score (nSPS) is 31.1. The van der Waals surface area contributed by atoms with E-state index in [1.165, 1.54) is 11.1 Å².